The Balaban J connectivity index is 1.53. The molecule has 0 aliphatic heterocycles. The predicted molar refractivity (Wildman–Crippen MR) is 137 cm³/mol. The van der Waals surface area contributed by atoms with Crippen LogP contribution in [0.5, 0.6) is 0 Å². The molecule has 0 saturated heterocycles. The molecule has 10 heteroatoms. The largest absolute Gasteiger partial charge is 0.416 e. The number of benzene rings is 2. The van der Waals surface area contributed by atoms with Crippen molar-refractivity contribution in [1.82, 2.24) is 9.13 Å². The molecular formula is C27H24F3N3O3S. The fourth-order valence-electron chi connectivity index (χ4n) is 4.76. The van der Waals surface area contributed by atoms with Gasteiger partial charge in [0.15, 0.2) is 0 Å². The van der Waals surface area contributed by atoms with Gasteiger partial charge in [-0.1, -0.05) is 36.4 Å². The van der Waals surface area contributed by atoms with E-state index in [-0.39, 0.29) is 17.8 Å². The van der Waals surface area contributed by atoms with Crippen molar-refractivity contribution in [2.45, 2.75) is 51.4 Å². The van der Waals surface area contributed by atoms with E-state index in [1.165, 1.54) is 32.6 Å². The lowest BCUT2D eigenvalue weighted by molar-refractivity contribution is -0.137. The summed E-state index contributed by atoms with van der Waals surface area (Å²) in [5, 5.41) is 2.94. The Hall–Kier alpha value is -3.66. The molecule has 37 heavy (non-hydrogen) atoms. The highest BCUT2D eigenvalue weighted by atomic mass is 32.1. The first kappa shape index (κ1) is 25.0. The number of carbonyl (C=O) groups excluding carboxylic acids is 1. The summed E-state index contributed by atoms with van der Waals surface area (Å²) in [6.45, 7) is -0.270. The fraction of sp³-hybridized carbons (Fsp3) is 0.296. The molecule has 0 saturated carbocycles. The third-order valence-corrected chi connectivity index (χ3v) is 7.88. The lowest BCUT2D eigenvalue weighted by atomic mass is 9.97. The molecule has 0 unspecified atom stereocenters. The van der Waals surface area contributed by atoms with E-state index in [4.69, 9.17) is 0 Å². The Labute approximate surface area is 214 Å². The van der Waals surface area contributed by atoms with Crippen LogP contribution < -0.4 is 16.6 Å². The number of aryl methyl sites for hydroxylation is 3. The molecule has 2 aromatic heterocycles. The molecule has 1 aliphatic carbocycles. The minimum absolute atomic E-state index is 0.0213. The second-order valence-corrected chi connectivity index (χ2v) is 10.2. The molecule has 2 heterocycles. The van der Waals surface area contributed by atoms with Gasteiger partial charge < -0.3 is 5.32 Å². The average Bonchev–Trinajstić information content (AvgIpc) is 3.26. The average molecular weight is 528 g/mol. The molecule has 0 atom stereocenters. The third kappa shape index (κ3) is 5.11. The molecule has 0 bridgehead atoms. The number of hydrogen-bond acceptors (Lipinski definition) is 4. The van der Waals surface area contributed by atoms with Crippen LogP contribution in [0.2, 0.25) is 0 Å². The first-order valence-electron chi connectivity index (χ1n) is 12.0. The maximum absolute atomic E-state index is 13.5. The van der Waals surface area contributed by atoms with E-state index in [9.17, 15) is 27.6 Å². The molecule has 1 aliphatic rings. The first-order chi connectivity index (χ1) is 17.7. The number of halogens is 3. The molecule has 5 rings (SSSR count). The highest BCUT2D eigenvalue weighted by Crippen LogP contribution is 2.34. The molecule has 0 radical (unpaired) electrons. The Bertz CT molecular complexity index is 1590. The topological polar surface area (TPSA) is 73.1 Å². The number of carbonyl (C=O) groups is 1. The van der Waals surface area contributed by atoms with E-state index in [2.05, 4.69) is 5.32 Å². The number of thiophene rings is 1. The summed E-state index contributed by atoms with van der Waals surface area (Å²) in [5.74, 6) is -0.651. The molecule has 1 N–H and O–H groups in total. The van der Waals surface area contributed by atoms with Gasteiger partial charge in [0.1, 0.15) is 11.4 Å². The molecule has 2 aromatic carbocycles. The summed E-state index contributed by atoms with van der Waals surface area (Å²) in [4.78, 5) is 41.4. The second-order valence-electron chi connectivity index (χ2n) is 9.08. The van der Waals surface area contributed by atoms with Crippen LogP contribution in [0, 0.1) is 0 Å². The van der Waals surface area contributed by atoms with Crippen LogP contribution in [0.1, 0.15) is 34.4 Å². The van der Waals surface area contributed by atoms with Crippen molar-refractivity contribution >= 4 is 33.1 Å². The van der Waals surface area contributed by atoms with Crippen LogP contribution in [0.4, 0.5) is 18.9 Å². The monoisotopic (exact) mass is 527 g/mol. The van der Waals surface area contributed by atoms with Crippen molar-refractivity contribution < 1.29 is 18.0 Å². The van der Waals surface area contributed by atoms with E-state index in [1.807, 2.05) is 30.3 Å². The first-order valence-corrected chi connectivity index (χ1v) is 12.8. The van der Waals surface area contributed by atoms with Gasteiger partial charge in [-0.05, 0) is 61.4 Å². The fourth-order valence-corrected chi connectivity index (χ4v) is 6.13. The standard InChI is InChI=1S/C27H24F3N3O3S/c28-27(29,30)18-9-6-10-19(15-18)31-22(34)16-33-25-23(20-11-4-5-12-21(20)37-25)24(35)32(26(33)36)14-13-17-7-2-1-3-8-17/h1-3,6-10,15H,4-5,11-14,16H2,(H,31,34). The minimum atomic E-state index is -4.55. The molecule has 192 valence electrons. The van der Waals surface area contributed by atoms with Gasteiger partial charge in [0.2, 0.25) is 5.91 Å². The van der Waals surface area contributed by atoms with E-state index in [0.717, 1.165) is 53.8 Å². The Morgan fingerprint density at radius 3 is 2.49 bits per heavy atom. The normalized spacial score (nSPS) is 13.5. The number of hydrogen-bond donors (Lipinski definition) is 1. The van der Waals surface area contributed by atoms with Gasteiger partial charge in [0.25, 0.3) is 5.56 Å². The number of alkyl halides is 3. The number of amides is 1. The van der Waals surface area contributed by atoms with E-state index < -0.39 is 29.9 Å². The van der Waals surface area contributed by atoms with Crippen LogP contribution in [0.15, 0.2) is 64.2 Å². The molecule has 4 aromatic rings. The van der Waals surface area contributed by atoms with Gasteiger partial charge in [-0.15, -0.1) is 11.3 Å². The molecule has 1 amide bonds. The lowest BCUT2D eigenvalue weighted by Gasteiger charge is -2.14. The smallest absolute Gasteiger partial charge is 0.325 e. The van der Waals surface area contributed by atoms with Crippen LogP contribution in [-0.2, 0) is 43.3 Å². The van der Waals surface area contributed by atoms with Crippen molar-refractivity contribution in [2.24, 2.45) is 0 Å². The Morgan fingerprint density at radius 1 is 0.973 bits per heavy atom. The van der Waals surface area contributed by atoms with Gasteiger partial charge in [-0.25, -0.2) is 4.79 Å². The van der Waals surface area contributed by atoms with Crippen molar-refractivity contribution in [3.8, 4) is 0 Å². The van der Waals surface area contributed by atoms with Gasteiger partial charge in [-0.3, -0.25) is 18.7 Å². The lowest BCUT2D eigenvalue weighted by Crippen LogP contribution is -2.42. The number of anilines is 1. The van der Waals surface area contributed by atoms with Gasteiger partial charge in [-0.2, -0.15) is 13.2 Å². The number of aromatic nitrogens is 2. The maximum atomic E-state index is 13.5. The van der Waals surface area contributed by atoms with Crippen molar-refractivity contribution in [1.29, 1.82) is 0 Å². The number of fused-ring (bicyclic) bond motifs is 3. The Kier molecular flexibility index (Phi) is 6.76. The zero-order valence-electron chi connectivity index (χ0n) is 19.8. The minimum Gasteiger partial charge on any atom is -0.325 e. The summed E-state index contributed by atoms with van der Waals surface area (Å²) in [6, 6.07) is 13.8. The summed E-state index contributed by atoms with van der Waals surface area (Å²) < 4.78 is 41.7. The highest BCUT2D eigenvalue weighted by Gasteiger charge is 2.30. The SMILES string of the molecule is O=C(Cn1c(=O)n(CCc2ccccc2)c(=O)c2c3c(sc21)CCCC3)Nc1cccc(C(F)(F)F)c1. The Morgan fingerprint density at radius 2 is 1.73 bits per heavy atom. The maximum Gasteiger partial charge on any atom is 0.416 e. The quantitative estimate of drug-likeness (QED) is 0.384. The van der Waals surface area contributed by atoms with Gasteiger partial charge >= 0.3 is 11.9 Å². The van der Waals surface area contributed by atoms with Crippen molar-refractivity contribution in [3.63, 3.8) is 0 Å². The van der Waals surface area contributed by atoms with Crippen molar-refractivity contribution in [2.75, 3.05) is 5.32 Å². The summed E-state index contributed by atoms with van der Waals surface area (Å²) in [5.41, 5.74) is 0.0418. The van der Waals surface area contributed by atoms with E-state index >= 15 is 0 Å². The summed E-state index contributed by atoms with van der Waals surface area (Å²) in [7, 11) is 0. The van der Waals surface area contributed by atoms with Crippen LogP contribution in [0.25, 0.3) is 10.2 Å². The van der Waals surface area contributed by atoms with Crippen LogP contribution in [0.3, 0.4) is 0 Å². The zero-order valence-corrected chi connectivity index (χ0v) is 20.6. The van der Waals surface area contributed by atoms with E-state index in [0.29, 0.717) is 16.6 Å². The molecular weight excluding hydrogens is 503 g/mol. The molecule has 0 spiro atoms. The van der Waals surface area contributed by atoms with Gasteiger partial charge in [0, 0.05) is 17.1 Å². The third-order valence-electron chi connectivity index (χ3n) is 6.56. The predicted octanol–water partition coefficient (Wildman–Crippen LogP) is 5.00. The molecule has 0 fully saturated rings. The van der Waals surface area contributed by atoms with Crippen LogP contribution in [-0.4, -0.2) is 15.0 Å². The van der Waals surface area contributed by atoms with Gasteiger partial charge in [0.05, 0.1) is 10.9 Å². The molecule has 6 nitrogen and oxygen atoms in total. The summed E-state index contributed by atoms with van der Waals surface area (Å²) in [6.07, 6.45) is -0.612. The highest BCUT2D eigenvalue weighted by molar-refractivity contribution is 7.18. The van der Waals surface area contributed by atoms with E-state index in [1.54, 1.807) is 0 Å². The second kappa shape index (κ2) is 10.0. The zero-order chi connectivity index (χ0) is 26.2. The van der Waals surface area contributed by atoms with Crippen LogP contribution >= 0.6 is 11.3 Å². The number of rotatable bonds is 6. The number of nitrogens with zero attached hydrogens (tertiary/aromatic N) is 2. The summed E-state index contributed by atoms with van der Waals surface area (Å²) >= 11 is 1.35. The van der Waals surface area contributed by atoms with Crippen molar-refractivity contribution in [3.05, 3.63) is 97.0 Å². The number of nitrogens with one attached hydrogen (secondary N) is 1.